The lowest BCUT2D eigenvalue weighted by Crippen LogP contribution is -2.44. The van der Waals surface area contributed by atoms with Crippen LogP contribution in [0.25, 0.3) is 0 Å². The van der Waals surface area contributed by atoms with Crippen LogP contribution in [0.1, 0.15) is 0 Å². The van der Waals surface area contributed by atoms with E-state index in [1.165, 1.54) is 0 Å². The fourth-order valence-electron chi connectivity index (χ4n) is 1.96. The zero-order chi connectivity index (χ0) is 13.3. The summed E-state index contributed by atoms with van der Waals surface area (Å²) in [5.41, 5.74) is -0.739. The number of likely N-dealkylation sites (N-methyl/N-ethyl adjacent to an activating group) is 1. The second-order valence-corrected chi connectivity index (χ2v) is 4.30. The summed E-state index contributed by atoms with van der Waals surface area (Å²) in [4.78, 5) is 13.3. The van der Waals surface area contributed by atoms with Crippen LogP contribution in [0.2, 0.25) is 0 Å². The second kappa shape index (κ2) is 4.85. The molecule has 7 heteroatoms. The maximum atomic E-state index is 13.7. The number of anilines is 1. The van der Waals surface area contributed by atoms with Crippen LogP contribution >= 0.6 is 0 Å². The number of nitro benzene ring substituents is 1. The first-order valence-corrected chi connectivity index (χ1v) is 5.56. The van der Waals surface area contributed by atoms with Gasteiger partial charge in [0.15, 0.2) is 5.82 Å². The Balaban J connectivity index is 2.29. The van der Waals surface area contributed by atoms with Gasteiger partial charge < -0.3 is 9.80 Å². The Hall–Kier alpha value is -1.76. The molecule has 18 heavy (non-hydrogen) atoms. The number of rotatable bonds is 2. The van der Waals surface area contributed by atoms with E-state index in [4.69, 9.17) is 0 Å². The Kier molecular flexibility index (Phi) is 3.42. The van der Waals surface area contributed by atoms with Gasteiger partial charge in [-0.2, -0.15) is 4.39 Å². The summed E-state index contributed by atoms with van der Waals surface area (Å²) in [6.45, 7) is 2.64. The van der Waals surface area contributed by atoms with E-state index in [9.17, 15) is 18.9 Å². The Morgan fingerprint density at radius 3 is 2.33 bits per heavy atom. The van der Waals surface area contributed by atoms with Gasteiger partial charge in [0.25, 0.3) is 0 Å². The smallest absolute Gasteiger partial charge is 0.307 e. The molecule has 0 spiro atoms. The van der Waals surface area contributed by atoms with E-state index in [1.54, 1.807) is 4.90 Å². The maximum absolute atomic E-state index is 13.7. The monoisotopic (exact) mass is 257 g/mol. The number of benzene rings is 1. The SMILES string of the molecule is CN1CCN(c2cc(F)c([N+](=O)[O-])cc2F)CC1. The highest BCUT2D eigenvalue weighted by Gasteiger charge is 2.23. The first kappa shape index (κ1) is 12.7. The highest BCUT2D eigenvalue weighted by molar-refractivity contribution is 5.53. The summed E-state index contributed by atoms with van der Waals surface area (Å²) < 4.78 is 27.2. The molecule has 0 unspecified atom stereocenters. The van der Waals surface area contributed by atoms with Gasteiger partial charge in [0.2, 0.25) is 5.82 Å². The van der Waals surface area contributed by atoms with E-state index >= 15 is 0 Å². The van der Waals surface area contributed by atoms with Gasteiger partial charge in [-0.05, 0) is 7.05 Å². The molecule has 2 rings (SSSR count). The van der Waals surface area contributed by atoms with Crippen molar-refractivity contribution in [2.24, 2.45) is 0 Å². The Morgan fingerprint density at radius 1 is 1.17 bits per heavy atom. The van der Waals surface area contributed by atoms with Crippen LogP contribution in [-0.2, 0) is 0 Å². The Labute approximate surface area is 103 Å². The third-order valence-corrected chi connectivity index (χ3v) is 3.06. The third kappa shape index (κ3) is 2.40. The third-order valence-electron chi connectivity index (χ3n) is 3.06. The topological polar surface area (TPSA) is 49.6 Å². The molecule has 1 aromatic rings. The first-order valence-electron chi connectivity index (χ1n) is 5.56. The molecule has 1 aromatic carbocycles. The van der Waals surface area contributed by atoms with Crippen molar-refractivity contribution in [3.63, 3.8) is 0 Å². The molecule has 1 fully saturated rings. The van der Waals surface area contributed by atoms with Crippen molar-refractivity contribution in [2.75, 3.05) is 38.1 Å². The van der Waals surface area contributed by atoms with Crippen molar-refractivity contribution < 1.29 is 13.7 Å². The predicted molar refractivity (Wildman–Crippen MR) is 62.7 cm³/mol. The minimum atomic E-state index is -1.00. The van der Waals surface area contributed by atoms with E-state index in [0.29, 0.717) is 19.2 Å². The van der Waals surface area contributed by atoms with Crippen molar-refractivity contribution >= 4 is 11.4 Å². The largest absolute Gasteiger partial charge is 0.367 e. The zero-order valence-electron chi connectivity index (χ0n) is 9.90. The molecule has 0 aliphatic carbocycles. The molecule has 1 aliphatic heterocycles. The number of nitro groups is 1. The quantitative estimate of drug-likeness (QED) is 0.596. The van der Waals surface area contributed by atoms with E-state index in [2.05, 4.69) is 4.90 Å². The van der Waals surface area contributed by atoms with E-state index in [1.807, 2.05) is 7.05 Å². The molecule has 1 saturated heterocycles. The van der Waals surface area contributed by atoms with Crippen LogP contribution in [0, 0.1) is 21.7 Å². The molecule has 0 amide bonds. The Morgan fingerprint density at radius 2 is 1.78 bits per heavy atom. The van der Waals surface area contributed by atoms with Gasteiger partial charge in [-0.25, -0.2) is 4.39 Å². The van der Waals surface area contributed by atoms with Gasteiger partial charge >= 0.3 is 5.69 Å². The van der Waals surface area contributed by atoms with Crippen LogP contribution < -0.4 is 4.90 Å². The summed E-state index contributed by atoms with van der Waals surface area (Å²) in [5.74, 6) is -1.76. The molecule has 0 atom stereocenters. The van der Waals surface area contributed by atoms with Crippen LogP contribution in [0.15, 0.2) is 12.1 Å². The van der Waals surface area contributed by atoms with Gasteiger partial charge in [-0.1, -0.05) is 0 Å². The fourth-order valence-corrected chi connectivity index (χ4v) is 1.96. The van der Waals surface area contributed by atoms with E-state index in [-0.39, 0.29) is 5.69 Å². The molecule has 0 bridgehead atoms. The molecule has 1 aliphatic rings. The number of piperazine rings is 1. The fraction of sp³-hybridized carbons (Fsp3) is 0.455. The average molecular weight is 257 g/mol. The molecule has 1 heterocycles. The van der Waals surface area contributed by atoms with Crippen LogP contribution in [0.5, 0.6) is 0 Å². The average Bonchev–Trinajstić information content (AvgIpc) is 2.32. The zero-order valence-corrected chi connectivity index (χ0v) is 9.90. The lowest BCUT2D eigenvalue weighted by atomic mass is 10.2. The van der Waals surface area contributed by atoms with E-state index < -0.39 is 22.2 Å². The number of hydrogen-bond donors (Lipinski definition) is 0. The molecule has 0 aromatic heterocycles. The standard InChI is InChI=1S/C11H13F2N3O2/c1-14-2-4-15(5-3-14)10-6-9(13)11(16(17)18)7-8(10)12/h6-7H,2-5H2,1H3. The van der Waals surface area contributed by atoms with Crippen LogP contribution in [-0.4, -0.2) is 43.0 Å². The molecule has 0 saturated carbocycles. The minimum Gasteiger partial charge on any atom is -0.367 e. The lowest BCUT2D eigenvalue weighted by Gasteiger charge is -2.34. The van der Waals surface area contributed by atoms with Crippen molar-refractivity contribution in [3.8, 4) is 0 Å². The van der Waals surface area contributed by atoms with E-state index in [0.717, 1.165) is 19.2 Å². The summed E-state index contributed by atoms with van der Waals surface area (Å²) in [6, 6.07) is 1.54. The molecule has 0 radical (unpaired) electrons. The minimum absolute atomic E-state index is 0.0891. The highest BCUT2D eigenvalue weighted by Crippen LogP contribution is 2.27. The van der Waals surface area contributed by atoms with Crippen LogP contribution in [0.4, 0.5) is 20.2 Å². The summed E-state index contributed by atoms with van der Waals surface area (Å²) >= 11 is 0. The molecule has 5 nitrogen and oxygen atoms in total. The number of halogens is 2. The van der Waals surface area contributed by atoms with Crippen molar-refractivity contribution in [3.05, 3.63) is 33.9 Å². The van der Waals surface area contributed by atoms with Gasteiger partial charge in [0.1, 0.15) is 0 Å². The molecule has 0 N–H and O–H groups in total. The van der Waals surface area contributed by atoms with Crippen molar-refractivity contribution in [2.45, 2.75) is 0 Å². The molecule has 98 valence electrons. The van der Waals surface area contributed by atoms with Crippen LogP contribution in [0.3, 0.4) is 0 Å². The lowest BCUT2D eigenvalue weighted by molar-refractivity contribution is -0.387. The highest BCUT2D eigenvalue weighted by atomic mass is 19.1. The summed E-state index contributed by atoms with van der Waals surface area (Å²) in [7, 11) is 1.95. The van der Waals surface area contributed by atoms with Crippen molar-refractivity contribution in [1.29, 1.82) is 0 Å². The molecular formula is C11H13F2N3O2. The van der Waals surface area contributed by atoms with Crippen molar-refractivity contribution in [1.82, 2.24) is 4.90 Å². The second-order valence-electron chi connectivity index (χ2n) is 4.30. The number of nitrogens with zero attached hydrogens (tertiary/aromatic N) is 3. The number of hydrogen-bond acceptors (Lipinski definition) is 4. The van der Waals surface area contributed by atoms with Gasteiger partial charge in [-0.15, -0.1) is 0 Å². The summed E-state index contributed by atoms with van der Waals surface area (Å²) in [6.07, 6.45) is 0. The maximum Gasteiger partial charge on any atom is 0.307 e. The Bertz CT molecular complexity index is 474. The summed E-state index contributed by atoms with van der Waals surface area (Å²) in [5, 5.41) is 10.5. The molecular weight excluding hydrogens is 244 g/mol. The van der Waals surface area contributed by atoms with Gasteiger partial charge in [0.05, 0.1) is 16.7 Å². The normalized spacial score (nSPS) is 16.9. The van der Waals surface area contributed by atoms with Gasteiger partial charge in [-0.3, -0.25) is 10.1 Å². The van der Waals surface area contributed by atoms with Gasteiger partial charge in [0, 0.05) is 32.2 Å². The first-order chi connectivity index (χ1) is 8.49. The predicted octanol–water partition coefficient (Wildman–Crippen LogP) is 1.62.